The van der Waals surface area contributed by atoms with E-state index in [4.69, 9.17) is 19.9 Å². The minimum absolute atomic E-state index is 0.0124. The van der Waals surface area contributed by atoms with Crippen LogP contribution in [0.15, 0.2) is 36.4 Å². The maximum atomic E-state index is 11.4. The normalized spacial score (nSPS) is 17.8. The molecule has 0 fully saturated rings. The van der Waals surface area contributed by atoms with Crippen molar-refractivity contribution >= 4 is 29.0 Å². The summed E-state index contributed by atoms with van der Waals surface area (Å²) in [4.78, 5) is 33.4. The third kappa shape index (κ3) is 8.02. The van der Waals surface area contributed by atoms with Crippen LogP contribution in [-0.2, 0) is 32.0 Å². The Bertz CT molecular complexity index is 1070. The van der Waals surface area contributed by atoms with E-state index >= 15 is 0 Å². The summed E-state index contributed by atoms with van der Waals surface area (Å²) in [5, 5.41) is 2.75. The van der Waals surface area contributed by atoms with Crippen LogP contribution in [0.5, 0.6) is 11.5 Å². The fourth-order valence-corrected chi connectivity index (χ4v) is 4.20. The van der Waals surface area contributed by atoms with Crippen molar-refractivity contribution in [3.63, 3.8) is 0 Å². The van der Waals surface area contributed by atoms with Gasteiger partial charge >= 0.3 is 5.97 Å². The van der Waals surface area contributed by atoms with Gasteiger partial charge in [-0.2, -0.15) is 0 Å². The Morgan fingerprint density at radius 2 is 1.54 bits per heavy atom. The number of hydrogen-bond acceptors (Lipinski definition) is 7. The maximum absolute atomic E-state index is 11.4. The van der Waals surface area contributed by atoms with Crippen LogP contribution in [0, 0.1) is 0 Å². The molecule has 2 heterocycles. The summed E-state index contributed by atoms with van der Waals surface area (Å²) in [7, 11) is 0. The molecule has 0 aliphatic carbocycles. The number of fused-ring (bicyclic) bond motifs is 2. The van der Waals surface area contributed by atoms with Crippen LogP contribution in [-0.4, -0.2) is 36.5 Å². The predicted molar refractivity (Wildman–Crippen MR) is 134 cm³/mol. The van der Waals surface area contributed by atoms with Gasteiger partial charge in [0.25, 0.3) is 0 Å². The number of anilines is 2. The molecule has 3 N–H and O–H groups in total. The van der Waals surface area contributed by atoms with Gasteiger partial charge in [0.05, 0.1) is 13.0 Å². The molecule has 8 heteroatoms. The lowest BCUT2D eigenvalue weighted by Gasteiger charge is -2.25. The Balaban J connectivity index is 0.000000196. The molecular weight excluding hydrogens is 448 g/mol. The number of nitrogens with one attached hydrogen (secondary N) is 1. The van der Waals surface area contributed by atoms with Gasteiger partial charge in [-0.1, -0.05) is 0 Å². The van der Waals surface area contributed by atoms with Gasteiger partial charge in [0.1, 0.15) is 29.5 Å². The fourth-order valence-electron chi connectivity index (χ4n) is 4.20. The molecule has 2 aliphatic rings. The number of Topliss-reactive ketones (excluding diaryl/α,β-unsaturated/α-hetero) is 1. The Labute approximate surface area is 206 Å². The molecule has 4 rings (SSSR count). The van der Waals surface area contributed by atoms with E-state index in [9.17, 15) is 14.4 Å². The zero-order valence-electron chi connectivity index (χ0n) is 20.6. The summed E-state index contributed by atoms with van der Waals surface area (Å²) in [5.41, 5.74) is 9.44. The number of carbonyl (C=O) groups excluding carboxylic acids is 3. The number of ether oxygens (including phenoxy) is 3. The molecule has 2 aromatic carbocycles. The molecule has 0 unspecified atom stereocenters. The monoisotopic (exact) mass is 482 g/mol. The molecule has 8 nitrogen and oxygen atoms in total. The maximum Gasteiger partial charge on any atom is 0.309 e. The average Bonchev–Trinajstić information content (AvgIpc) is 2.79. The molecule has 0 spiro atoms. The van der Waals surface area contributed by atoms with E-state index in [-0.39, 0.29) is 29.9 Å². The van der Waals surface area contributed by atoms with Crippen molar-refractivity contribution in [1.29, 1.82) is 0 Å². The summed E-state index contributed by atoms with van der Waals surface area (Å²) in [6.45, 7) is 5.29. The number of amides is 1. The molecule has 0 saturated heterocycles. The van der Waals surface area contributed by atoms with Crippen LogP contribution in [0.2, 0.25) is 0 Å². The van der Waals surface area contributed by atoms with Crippen LogP contribution < -0.4 is 20.5 Å². The van der Waals surface area contributed by atoms with Gasteiger partial charge in [-0.3, -0.25) is 14.4 Å². The van der Waals surface area contributed by atoms with E-state index in [0.717, 1.165) is 59.7 Å². The smallest absolute Gasteiger partial charge is 0.309 e. The summed E-state index contributed by atoms with van der Waals surface area (Å²) in [5.74, 6) is 1.53. The highest BCUT2D eigenvalue weighted by molar-refractivity contribution is 5.88. The number of hydrogen-bond donors (Lipinski definition) is 2. The van der Waals surface area contributed by atoms with Gasteiger partial charge in [-0.25, -0.2) is 0 Å². The number of rotatable bonds is 6. The molecule has 35 heavy (non-hydrogen) atoms. The van der Waals surface area contributed by atoms with Crippen LogP contribution in [0.1, 0.15) is 57.6 Å². The van der Waals surface area contributed by atoms with Crippen molar-refractivity contribution in [3.05, 3.63) is 47.5 Å². The Morgan fingerprint density at radius 3 is 2.14 bits per heavy atom. The van der Waals surface area contributed by atoms with Crippen molar-refractivity contribution < 1.29 is 28.6 Å². The molecular formula is C27H34N2O6. The number of nitrogen functional groups attached to an aromatic ring is 1. The van der Waals surface area contributed by atoms with Gasteiger partial charge in [0.2, 0.25) is 5.91 Å². The standard InChI is InChI=1S/C14H17NO3.C13H17NO3/c1-9(16)7-13-5-3-11-8-12(15-10(2)17)4-6-14(11)18-13;1-2-16-13(15)8-11-5-3-9-7-10(14)4-6-12(9)17-11/h4,6,8,13H,3,5,7H2,1-2H3,(H,15,17);4,6-7,11H,2-3,5,8,14H2,1H3/t13-;11-/m00/s1. The van der Waals surface area contributed by atoms with Crippen molar-refractivity contribution in [2.45, 2.75) is 71.5 Å². The first kappa shape index (κ1) is 26.1. The van der Waals surface area contributed by atoms with Crippen LogP contribution >= 0.6 is 0 Å². The Morgan fingerprint density at radius 1 is 0.943 bits per heavy atom. The zero-order chi connectivity index (χ0) is 25.4. The summed E-state index contributed by atoms with van der Waals surface area (Å²) in [6, 6.07) is 11.2. The van der Waals surface area contributed by atoms with E-state index < -0.39 is 0 Å². The first-order valence-corrected chi connectivity index (χ1v) is 12.0. The molecule has 2 aliphatic heterocycles. The second-order valence-corrected chi connectivity index (χ2v) is 8.84. The molecule has 2 atom stereocenters. The quantitative estimate of drug-likeness (QED) is 0.467. The Kier molecular flexibility index (Phi) is 9.11. The third-order valence-electron chi connectivity index (χ3n) is 5.74. The van der Waals surface area contributed by atoms with Crippen LogP contribution in [0.4, 0.5) is 11.4 Å². The van der Waals surface area contributed by atoms with Gasteiger partial charge in [-0.15, -0.1) is 0 Å². The lowest BCUT2D eigenvalue weighted by atomic mass is 9.99. The van der Waals surface area contributed by atoms with E-state index in [1.807, 2.05) is 36.4 Å². The predicted octanol–water partition coefficient (Wildman–Crippen LogP) is 4.23. The highest BCUT2D eigenvalue weighted by Gasteiger charge is 2.23. The van der Waals surface area contributed by atoms with Crippen molar-refractivity contribution in [1.82, 2.24) is 0 Å². The lowest BCUT2D eigenvalue weighted by molar-refractivity contribution is -0.145. The molecule has 1 amide bonds. The molecule has 0 radical (unpaired) electrons. The molecule has 2 aromatic rings. The first-order valence-electron chi connectivity index (χ1n) is 12.0. The Hall–Kier alpha value is -3.55. The first-order chi connectivity index (χ1) is 16.7. The van der Waals surface area contributed by atoms with E-state index in [2.05, 4.69) is 5.32 Å². The van der Waals surface area contributed by atoms with Crippen LogP contribution in [0.25, 0.3) is 0 Å². The van der Waals surface area contributed by atoms with Crippen molar-refractivity contribution in [2.75, 3.05) is 17.7 Å². The van der Waals surface area contributed by atoms with Crippen molar-refractivity contribution in [2.24, 2.45) is 0 Å². The number of aryl methyl sites for hydroxylation is 2. The topological polar surface area (TPSA) is 117 Å². The van der Waals surface area contributed by atoms with Gasteiger partial charge in [-0.05, 0) is 87.1 Å². The van der Waals surface area contributed by atoms with E-state index in [1.165, 1.54) is 6.92 Å². The molecule has 0 saturated carbocycles. The number of benzene rings is 2. The summed E-state index contributed by atoms with van der Waals surface area (Å²) in [6.07, 6.45) is 4.13. The van der Waals surface area contributed by atoms with Crippen molar-refractivity contribution in [3.8, 4) is 11.5 Å². The van der Waals surface area contributed by atoms with Gasteiger partial charge < -0.3 is 25.3 Å². The average molecular weight is 483 g/mol. The second-order valence-electron chi connectivity index (χ2n) is 8.84. The second kappa shape index (κ2) is 12.2. The SMILES string of the molecule is CC(=O)C[C@@H]1CCc2cc(NC(C)=O)ccc2O1.CCOC(=O)C[C@@H]1CCc2cc(N)ccc2O1. The lowest BCUT2D eigenvalue weighted by Crippen LogP contribution is -2.26. The number of carbonyl (C=O) groups is 3. The fraction of sp³-hybridized carbons (Fsp3) is 0.444. The molecule has 0 aromatic heterocycles. The number of ketones is 1. The van der Waals surface area contributed by atoms with Crippen LogP contribution in [0.3, 0.4) is 0 Å². The highest BCUT2D eigenvalue weighted by Crippen LogP contribution is 2.31. The number of nitrogens with two attached hydrogens (primary N) is 1. The molecule has 188 valence electrons. The van der Waals surface area contributed by atoms with E-state index in [0.29, 0.717) is 19.4 Å². The summed E-state index contributed by atoms with van der Waals surface area (Å²) >= 11 is 0. The number of esters is 1. The third-order valence-corrected chi connectivity index (χ3v) is 5.74. The highest BCUT2D eigenvalue weighted by atomic mass is 16.5. The largest absolute Gasteiger partial charge is 0.490 e. The van der Waals surface area contributed by atoms with Gasteiger partial charge in [0.15, 0.2) is 0 Å². The summed E-state index contributed by atoms with van der Waals surface area (Å²) < 4.78 is 16.4. The van der Waals surface area contributed by atoms with E-state index in [1.54, 1.807) is 13.8 Å². The van der Waals surface area contributed by atoms with Gasteiger partial charge in [0, 0.05) is 24.7 Å². The molecule has 0 bridgehead atoms. The minimum Gasteiger partial charge on any atom is -0.490 e. The minimum atomic E-state index is -0.198. The zero-order valence-corrected chi connectivity index (χ0v) is 20.6.